The van der Waals surface area contributed by atoms with Crippen LogP contribution in [0, 0.1) is 6.92 Å². The molecule has 106 valence electrons. The van der Waals surface area contributed by atoms with Gasteiger partial charge in [-0.25, -0.2) is 4.98 Å². The standard InChI is InChI=1S/C14H16ClN3OS/c1-3-13(19)18-11-5-4-9(2)6-12(11)16-7-10-8-17-14(15)20-10/h4-6,8,16H,3,7H2,1-2H3,(H,18,19). The largest absolute Gasteiger partial charge is 0.378 e. The second kappa shape index (κ2) is 6.72. The van der Waals surface area contributed by atoms with Crippen LogP contribution in [0.1, 0.15) is 23.8 Å². The van der Waals surface area contributed by atoms with Gasteiger partial charge in [-0.1, -0.05) is 24.6 Å². The molecule has 0 aliphatic carbocycles. The van der Waals surface area contributed by atoms with Crippen molar-refractivity contribution in [3.63, 3.8) is 0 Å². The van der Waals surface area contributed by atoms with Crippen molar-refractivity contribution >= 4 is 40.2 Å². The minimum absolute atomic E-state index is 0.00209. The summed E-state index contributed by atoms with van der Waals surface area (Å²) in [6.45, 7) is 4.47. The highest BCUT2D eigenvalue weighted by Crippen LogP contribution is 2.25. The maximum absolute atomic E-state index is 11.5. The van der Waals surface area contributed by atoms with Gasteiger partial charge in [0.25, 0.3) is 0 Å². The van der Waals surface area contributed by atoms with Crippen LogP contribution in [0.3, 0.4) is 0 Å². The van der Waals surface area contributed by atoms with Gasteiger partial charge in [0.15, 0.2) is 4.47 Å². The molecular weight excluding hydrogens is 294 g/mol. The Bertz CT molecular complexity index is 612. The monoisotopic (exact) mass is 309 g/mol. The Labute approximate surface area is 127 Å². The molecule has 1 heterocycles. The Morgan fingerprint density at radius 3 is 2.85 bits per heavy atom. The van der Waals surface area contributed by atoms with E-state index in [9.17, 15) is 4.79 Å². The molecule has 20 heavy (non-hydrogen) atoms. The maximum atomic E-state index is 11.5. The third-order valence-electron chi connectivity index (χ3n) is 2.75. The van der Waals surface area contributed by atoms with E-state index in [-0.39, 0.29) is 5.91 Å². The number of amides is 1. The van der Waals surface area contributed by atoms with Crippen molar-refractivity contribution in [2.75, 3.05) is 10.6 Å². The minimum Gasteiger partial charge on any atom is -0.378 e. The summed E-state index contributed by atoms with van der Waals surface area (Å²) in [5, 5.41) is 6.20. The molecule has 0 spiro atoms. The Balaban J connectivity index is 2.12. The molecule has 1 aromatic carbocycles. The van der Waals surface area contributed by atoms with Crippen LogP contribution in [0.5, 0.6) is 0 Å². The summed E-state index contributed by atoms with van der Waals surface area (Å²) >= 11 is 7.25. The zero-order chi connectivity index (χ0) is 14.5. The fourth-order valence-electron chi connectivity index (χ4n) is 1.70. The molecule has 0 bridgehead atoms. The van der Waals surface area contributed by atoms with Crippen LogP contribution in [-0.4, -0.2) is 10.9 Å². The highest BCUT2D eigenvalue weighted by Gasteiger charge is 2.07. The molecule has 0 fully saturated rings. The van der Waals surface area contributed by atoms with E-state index in [1.54, 1.807) is 6.20 Å². The molecule has 0 unspecified atom stereocenters. The van der Waals surface area contributed by atoms with Gasteiger partial charge in [-0.2, -0.15) is 0 Å². The number of thiazole rings is 1. The molecule has 0 atom stereocenters. The summed E-state index contributed by atoms with van der Waals surface area (Å²) in [6, 6.07) is 5.89. The third kappa shape index (κ3) is 3.95. The van der Waals surface area contributed by atoms with Crippen molar-refractivity contribution in [3.05, 3.63) is 39.3 Å². The van der Waals surface area contributed by atoms with Gasteiger partial charge in [-0.15, -0.1) is 11.3 Å². The topological polar surface area (TPSA) is 54.0 Å². The minimum atomic E-state index is -0.00209. The highest BCUT2D eigenvalue weighted by atomic mass is 35.5. The number of carbonyl (C=O) groups excluding carboxylic acids is 1. The van der Waals surface area contributed by atoms with Crippen molar-refractivity contribution in [3.8, 4) is 0 Å². The predicted octanol–water partition coefficient (Wildman–Crippen LogP) is 4.07. The smallest absolute Gasteiger partial charge is 0.224 e. The van der Waals surface area contributed by atoms with Gasteiger partial charge in [0.1, 0.15) is 0 Å². The van der Waals surface area contributed by atoms with E-state index in [4.69, 9.17) is 11.6 Å². The summed E-state index contributed by atoms with van der Waals surface area (Å²) < 4.78 is 0.533. The molecule has 4 nitrogen and oxygen atoms in total. The van der Waals surface area contributed by atoms with E-state index in [0.717, 1.165) is 21.8 Å². The number of halogens is 1. The lowest BCUT2D eigenvalue weighted by Gasteiger charge is -2.13. The van der Waals surface area contributed by atoms with Gasteiger partial charge in [0.2, 0.25) is 5.91 Å². The van der Waals surface area contributed by atoms with Crippen LogP contribution in [0.25, 0.3) is 0 Å². The van der Waals surface area contributed by atoms with Crippen molar-refractivity contribution in [2.24, 2.45) is 0 Å². The highest BCUT2D eigenvalue weighted by molar-refractivity contribution is 7.15. The zero-order valence-electron chi connectivity index (χ0n) is 11.4. The fourth-order valence-corrected chi connectivity index (χ4v) is 2.62. The van der Waals surface area contributed by atoms with Gasteiger partial charge < -0.3 is 10.6 Å². The summed E-state index contributed by atoms with van der Waals surface area (Å²) in [4.78, 5) is 16.6. The Kier molecular flexibility index (Phi) is 4.98. The fraction of sp³-hybridized carbons (Fsp3) is 0.286. The maximum Gasteiger partial charge on any atom is 0.224 e. The Hall–Kier alpha value is -1.59. The Morgan fingerprint density at radius 2 is 2.20 bits per heavy atom. The van der Waals surface area contributed by atoms with Crippen LogP contribution in [0.4, 0.5) is 11.4 Å². The molecule has 0 saturated heterocycles. The van der Waals surface area contributed by atoms with Crippen molar-refractivity contribution in [1.82, 2.24) is 4.98 Å². The summed E-state index contributed by atoms with van der Waals surface area (Å²) in [5.41, 5.74) is 2.82. The van der Waals surface area contributed by atoms with Gasteiger partial charge in [0, 0.05) is 17.5 Å². The first-order valence-corrected chi connectivity index (χ1v) is 7.52. The lowest BCUT2D eigenvalue weighted by Crippen LogP contribution is -2.12. The van der Waals surface area contributed by atoms with Gasteiger partial charge in [0.05, 0.1) is 17.9 Å². The SMILES string of the molecule is CCC(=O)Nc1ccc(C)cc1NCc1cnc(Cl)s1. The molecule has 0 aliphatic heterocycles. The predicted molar refractivity (Wildman–Crippen MR) is 84.6 cm³/mol. The van der Waals surface area contributed by atoms with E-state index in [1.165, 1.54) is 11.3 Å². The van der Waals surface area contributed by atoms with E-state index in [2.05, 4.69) is 15.6 Å². The van der Waals surface area contributed by atoms with Crippen LogP contribution < -0.4 is 10.6 Å². The van der Waals surface area contributed by atoms with Crippen LogP contribution in [0.15, 0.2) is 24.4 Å². The molecule has 6 heteroatoms. The molecule has 2 N–H and O–H groups in total. The normalized spacial score (nSPS) is 10.3. The zero-order valence-corrected chi connectivity index (χ0v) is 12.9. The van der Waals surface area contributed by atoms with Crippen molar-refractivity contribution in [1.29, 1.82) is 0 Å². The second-order valence-corrected chi connectivity index (χ2v) is 6.08. The number of anilines is 2. The molecule has 0 aliphatic rings. The number of hydrogen-bond acceptors (Lipinski definition) is 4. The average molecular weight is 310 g/mol. The number of aryl methyl sites for hydroxylation is 1. The number of rotatable bonds is 5. The Morgan fingerprint density at radius 1 is 1.40 bits per heavy atom. The number of aromatic nitrogens is 1. The van der Waals surface area contributed by atoms with E-state index < -0.39 is 0 Å². The van der Waals surface area contributed by atoms with Crippen molar-refractivity contribution in [2.45, 2.75) is 26.8 Å². The van der Waals surface area contributed by atoms with Gasteiger partial charge in [-0.05, 0) is 24.6 Å². The summed E-state index contributed by atoms with van der Waals surface area (Å²) in [5.74, 6) is -0.00209. The molecular formula is C14H16ClN3OS. The second-order valence-electron chi connectivity index (χ2n) is 4.38. The van der Waals surface area contributed by atoms with E-state index in [0.29, 0.717) is 17.4 Å². The van der Waals surface area contributed by atoms with Crippen LogP contribution in [0.2, 0.25) is 4.47 Å². The summed E-state index contributed by atoms with van der Waals surface area (Å²) in [6.07, 6.45) is 2.21. The average Bonchev–Trinajstić information content (AvgIpc) is 2.84. The summed E-state index contributed by atoms with van der Waals surface area (Å²) in [7, 11) is 0. The molecule has 0 radical (unpaired) electrons. The molecule has 1 amide bonds. The quantitative estimate of drug-likeness (QED) is 0.875. The molecule has 0 saturated carbocycles. The first-order valence-electron chi connectivity index (χ1n) is 6.33. The molecule has 2 rings (SSSR count). The van der Waals surface area contributed by atoms with Crippen molar-refractivity contribution < 1.29 is 4.79 Å². The number of benzene rings is 1. The van der Waals surface area contributed by atoms with Crippen LogP contribution in [-0.2, 0) is 11.3 Å². The first-order chi connectivity index (χ1) is 9.58. The van der Waals surface area contributed by atoms with E-state index >= 15 is 0 Å². The van der Waals surface area contributed by atoms with Gasteiger partial charge in [-0.3, -0.25) is 4.79 Å². The van der Waals surface area contributed by atoms with E-state index in [1.807, 2.05) is 32.0 Å². The number of hydrogen-bond donors (Lipinski definition) is 2. The van der Waals surface area contributed by atoms with Crippen LogP contribution >= 0.6 is 22.9 Å². The molecule has 2 aromatic rings. The lowest BCUT2D eigenvalue weighted by molar-refractivity contribution is -0.115. The molecule has 1 aromatic heterocycles. The number of nitrogens with zero attached hydrogens (tertiary/aromatic N) is 1. The van der Waals surface area contributed by atoms with Gasteiger partial charge >= 0.3 is 0 Å². The third-order valence-corrected chi connectivity index (χ3v) is 3.86. The lowest BCUT2D eigenvalue weighted by atomic mass is 10.2. The number of carbonyl (C=O) groups is 1. The number of nitrogens with one attached hydrogen (secondary N) is 2. The first kappa shape index (κ1) is 14.8.